The molecule has 6 heteroatoms. The van der Waals surface area contributed by atoms with Gasteiger partial charge in [0.1, 0.15) is 0 Å². The lowest BCUT2D eigenvalue weighted by Gasteiger charge is -2.35. The summed E-state index contributed by atoms with van der Waals surface area (Å²) in [5.41, 5.74) is 5.24. The summed E-state index contributed by atoms with van der Waals surface area (Å²) in [5.74, 6) is -0.566. The van der Waals surface area contributed by atoms with E-state index in [1.54, 1.807) is 0 Å². The number of ether oxygens (including phenoxy) is 1. The van der Waals surface area contributed by atoms with Gasteiger partial charge in [0, 0.05) is 19.1 Å². The number of likely N-dealkylation sites (N-methyl/N-ethyl adjacent to an activating group) is 1. The highest BCUT2D eigenvalue weighted by Gasteiger charge is 2.33. The third-order valence-corrected chi connectivity index (χ3v) is 2.79. The van der Waals surface area contributed by atoms with Crippen LogP contribution in [0.4, 0.5) is 4.79 Å². The molecule has 92 valence electrons. The van der Waals surface area contributed by atoms with E-state index in [9.17, 15) is 9.59 Å². The van der Waals surface area contributed by atoms with Crippen molar-refractivity contribution in [1.82, 2.24) is 10.2 Å². The molecular formula is C10H19N3O3. The number of methoxy groups -OCH3 is 1. The number of carbonyl (C=O) groups excluding carboxylic acids is 2. The van der Waals surface area contributed by atoms with Gasteiger partial charge in [-0.1, -0.05) is 6.92 Å². The summed E-state index contributed by atoms with van der Waals surface area (Å²) < 4.78 is 4.70. The Labute approximate surface area is 95.1 Å². The molecule has 1 aliphatic rings. The SMILES string of the molecule is CCNC1CC(C(=O)OC)CN(C(N)=O)C1. The Morgan fingerprint density at radius 2 is 2.19 bits per heavy atom. The van der Waals surface area contributed by atoms with E-state index in [4.69, 9.17) is 10.5 Å². The average molecular weight is 229 g/mol. The van der Waals surface area contributed by atoms with E-state index in [-0.39, 0.29) is 17.9 Å². The van der Waals surface area contributed by atoms with Crippen LogP contribution in [0.1, 0.15) is 13.3 Å². The minimum Gasteiger partial charge on any atom is -0.469 e. The number of esters is 1. The number of piperidine rings is 1. The minimum atomic E-state index is -0.489. The van der Waals surface area contributed by atoms with Gasteiger partial charge < -0.3 is 20.7 Å². The molecule has 3 N–H and O–H groups in total. The van der Waals surface area contributed by atoms with Gasteiger partial charge >= 0.3 is 12.0 Å². The molecule has 0 saturated carbocycles. The summed E-state index contributed by atoms with van der Waals surface area (Å²) in [5, 5.41) is 3.22. The number of rotatable bonds is 3. The molecule has 0 aromatic carbocycles. The number of nitrogens with two attached hydrogens (primary N) is 1. The molecule has 0 aromatic rings. The van der Waals surface area contributed by atoms with Crippen molar-refractivity contribution in [3.05, 3.63) is 0 Å². The van der Waals surface area contributed by atoms with Gasteiger partial charge in [0.05, 0.1) is 13.0 Å². The third-order valence-electron chi connectivity index (χ3n) is 2.79. The maximum Gasteiger partial charge on any atom is 0.314 e. The van der Waals surface area contributed by atoms with E-state index >= 15 is 0 Å². The second-order valence-electron chi connectivity index (χ2n) is 3.95. The van der Waals surface area contributed by atoms with E-state index in [2.05, 4.69) is 5.32 Å². The zero-order chi connectivity index (χ0) is 12.1. The number of amides is 2. The van der Waals surface area contributed by atoms with Gasteiger partial charge in [-0.3, -0.25) is 4.79 Å². The molecule has 1 aliphatic heterocycles. The molecule has 0 aromatic heterocycles. The fourth-order valence-corrected chi connectivity index (χ4v) is 2.05. The summed E-state index contributed by atoms with van der Waals surface area (Å²) in [4.78, 5) is 24.1. The summed E-state index contributed by atoms with van der Waals surface area (Å²) in [6, 6.07) is -0.383. The molecule has 1 rings (SSSR count). The van der Waals surface area contributed by atoms with Crippen molar-refractivity contribution < 1.29 is 14.3 Å². The minimum absolute atomic E-state index is 0.107. The zero-order valence-corrected chi connectivity index (χ0v) is 9.73. The van der Waals surface area contributed by atoms with Crippen LogP contribution >= 0.6 is 0 Å². The molecular weight excluding hydrogens is 210 g/mol. The highest BCUT2D eigenvalue weighted by molar-refractivity contribution is 5.76. The molecule has 16 heavy (non-hydrogen) atoms. The Bertz CT molecular complexity index is 270. The van der Waals surface area contributed by atoms with E-state index in [1.165, 1.54) is 12.0 Å². The van der Waals surface area contributed by atoms with Crippen molar-refractivity contribution in [2.45, 2.75) is 19.4 Å². The summed E-state index contributed by atoms with van der Waals surface area (Å²) in [6.45, 7) is 3.68. The van der Waals surface area contributed by atoms with Crippen molar-refractivity contribution in [2.75, 3.05) is 26.7 Å². The number of primary amides is 1. The van der Waals surface area contributed by atoms with Crippen LogP contribution in [0.2, 0.25) is 0 Å². The Morgan fingerprint density at radius 3 is 2.69 bits per heavy atom. The van der Waals surface area contributed by atoms with Crippen LogP contribution in [0.15, 0.2) is 0 Å². The molecule has 2 amide bonds. The number of likely N-dealkylation sites (tertiary alicyclic amines) is 1. The monoisotopic (exact) mass is 229 g/mol. The van der Waals surface area contributed by atoms with Crippen LogP contribution in [0, 0.1) is 5.92 Å². The lowest BCUT2D eigenvalue weighted by Crippen LogP contribution is -2.54. The number of hydrogen-bond donors (Lipinski definition) is 2. The van der Waals surface area contributed by atoms with Gasteiger partial charge in [-0.2, -0.15) is 0 Å². The Kier molecular flexibility index (Phi) is 4.54. The number of hydrogen-bond acceptors (Lipinski definition) is 4. The van der Waals surface area contributed by atoms with Gasteiger partial charge in [0.25, 0.3) is 0 Å². The largest absolute Gasteiger partial charge is 0.469 e. The second kappa shape index (κ2) is 5.69. The lowest BCUT2D eigenvalue weighted by atomic mass is 9.94. The summed E-state index contributed by atoms with van der Waals surface area (Å²) in [6.07, 6.45) is 0.685. The zero-order valence-electron chi connectivity index (χ0n) is 9.73. The van der Waals surface area contributed by atoms with Crippen LogP contribution in [-0.4, -0.2) is 49.7 Å². The first-order valence-corrected chi connectivity index (χ1v) is 5.44. The normalized spacial score (nSPS) is 25.2. The average Bonchev–Trinajstić information content (AvgIpc) is 2.28. The van der Waals surface area contributed by atoms with E-state index < -0.39 is 6.03 Å². The first-order valence-electron chi connectivity index (χ1n) is 5.44. The number of urea groups is 1. The van der Waals surface area contributed by atoms with Gasteiger partial charge in [-0.05, 0) is 13.0 Å². The van der Waals surface area contributed by atoms with Crippen LogP contribution < -0.4 is 11.1 Å². The Hall–Kier alpha value is -1.30. The van der Waals surface area contributed by atoms with Crippen molar-refractivity contribution >= 4 is 12.0 Å². The van der Waals surface area contributed by atoms with Crippen LogP contribution in [0.25, 0.3) is 0 Å². The maximum atomic E-state index is 11.5. The fraction of sp³-hybridized carbons (Fsp3) is 0.800. The first-order chi connectivity index (χ1) is 7.58. The van der Waals surface area contributed by atoms with E-state index in [0.29, 0.717) is 19.5 Å². The first kappa shape index (κ1) is 12.8. The fourth-order valence-electron chi connectivity index (χ4n) is 2.05. The smallest absolute Gasteiger partial charge is 0.314 e. The quantitative estimate of drug-likeness (QED) is 0.641. The van der Waals surface area contributed by atoms with E-state index in [1.807, 2.05) is 6.92 Å². The topological polar surface area (TPSA) is 84.7 Å². The van der Waals surface area contributed by atoms with Crippen molar-refractivity contribution in [3.63, 3.8) is 0 Å². The maximum absolute atomic E-state index is 11.5. The molecule has 1 heterocycles. The molecule has 0 spiro atoms. The third kappa shape index (κ3) is 3.10. The molecule has 1 saturated heterocycles. The van der Waals surface area contributed by atoms with Crippen molar-refractivity contribution in [1.29, 1.82) is 0 Å². The molecule has 2 atom stereocenters. The van der Waals surface area contributed by atoms with Crippen LogP contribution in [0.3, 0.4) is 0 Å². The Balaban J connectivity index is 2.66. The number of nitrogens with one attached hydrogen (secondary N) is 1. The molecule has 2 unspecified atom stereocenters. The van der Waals surface area contributed by atoms with Gasteiger partial charge in [0.2, 0.25) is 0 Å². The molecule has 1 fully saturated rings. The summed E-state index contributed by atoms with van der Waals surface area (Å²) in [7, 11) is 1.35. The molecule has 0 bridgehead atoms. The predicted molar refractivity (Wildman–Crippen MR) is 58.7 cm³/mol. The van der Waals surface area contributed by atoms with Crippen LogP contribution in [-0.2, 0) is 9.53 Å². The van der Waals surface area contributed by atoms with Crippen LogP contribution in [0.5, 0.6) is 0 Å². The van der Waals surface area contributed by atoms with E-state index in [0.717, 1.165) is 6.54 Å². The number of carbonyl (C=O) groups is 2. The van der Waals surface area contributed by atoms with Gasteiger partial charge in [-0.25, -0.2) is 4.79 Å². The molecule has 0 radical (unpaired) electrons. The highest BCUT2D eigenvalue weighted by atomic mass is 16.5. The number of nitrogens with zero attached hydrogens (tertiary/aromatic N) is 1. The molecule has 6 nitrogen and oxygen atoms in total. The predicted octanol–water partition coefficient (Wildman–Crippen LogP) is -0.462. The van der Waals surface area contributed by atoms with Crippen molar-refractivity contribution in [3.8, 4) is 0 Å². The lowest BCUT2D eigenvalue weighted by molar-refractivity contribution is -0.147. The molecule has 0 aliphatic carbocycles. The van der Waals surface area contributed by atoms with Gasteiger partial charge in [-0.15, -0.1) is 0 Å². The highest BCUT2D eigenvalue weighted by Crippen LogP contribution is 2.18. The van der Waals surface area contributed by atoms with Gasteiger partial charge in [0.15, 0.2) is 0 Å². The second-order valence-corrected chi connectivity index (χ2v) is 3.95. The Morgan fingerprint density at radius 1 is 1.50 bits per heavy atom. The standard InChI is InChI=1S/C10H19N3O3/c1-3-12-8-4-7(9(14)16-2)5-13(6-8)10(11)15/h7-8,12H,3-6H2,1-2H3,(H2,11,15). The summed E-state index contributed by atoms with van der Waals surface area (Å²) >= 11 is 0. The van der Waals surface area contributed by atoms with Crippen molar-refractivity contribution in [2.24, 2.45) is 11.7 Å².